The zero-order valence-electron chi connectivity index (χ0n) is 11.7. The lowest BCUT2D eigenvalue weighted by atomic mass is 10.2. The van der Waals surface area contributed by atoms with Gasteiger partial charge in [0, 0.05) is 18.2 Å². The zero-order valence-corrected chi connectivity index (χ0v) is 12.5. The first-order valence-electron chi connectivity index (χ1n) is 6.66. The summed E-state index contributed by atoms with van der Waals surface area (Å²) in [5, 5.41) is 0. The molecular weight excluding hydrogens is 264 g/mol. The Kier molecular flexibility index (Phi) is 4.03. The smallest absolute Gasteiger partial charge is 0.244 e. The molecule has 1 atom stereocenters. The molecule has 0 bridgehead atoms. The quantitative estimate of drug-likeness (QED) is 0.835. The van der Waals surface area contributed by atoms with Gasteiger partial charge in [-0.3, -0.25) is 0 Å². The van der Waals surface area contributed by atoms with Crippen LogP contribution in [0, 0.1) is 19.8 Å². The molecule has 1 heterocycles. The van der Waals surface area contributed by atoms with E-state index in [1.807, 2.05) is 6.92 Å². The SMILES string of the molecule is Cc1oc(C)c(S(=O)(=O)NC(C)CC2CC2)c1CN. The van der Waals surface area contributed by atoms with Crippen molar-refractivity contribution in [2.45, 2.75) is 57.5 Å². The molecule has 3 N–H and O–H groups in total. The first-order valence-corrected chi connectivity index (χ1v) is 8.14. The summed E-state index contributed by atoms with van der Waals surface area (Å²) in [5.74, 6) is 1.66. The standard InChI is InChI=1S/C13H22N2O3S/c1-8(6-11-4-5-11)15-19(16,17)13-10(3)18-9(2)12(13)7-14/h8,11,15H,4-7,14H2,1-3H3. The highest BCUT2D eigenvalue weighted by Gasteiger charge is 2.30. The van der Waals surface area contributed by atoms with E-state index in [0.717, 1.165) is 6.42 Å². The fourth-order valence-corrected chi connectivity index (χ4v) is 4.24. The highest BCUT2D eigenvalue weighted by Crippen LogP contribution is 2.34. The Bertz CT molecular complexity index is 559. The molecular formula is C13H22N2O3S. The molecule has 1 saturated carbocycles. The second-order valence-electron chi connectivity index (χ2n) is 5.43. The minimum absolute atomic E-state index is 0.0577. The van der Waals surface area contributed by atoms with Crippen LogP contribution in [0.3, 0.4) is 0 Å². The van der Waals surface area contributed by atoms with Crippen molar-refractivity contribution in [1.29, 1.82) is 0 Å². The highest BCUT2D eigenvalue weighted by atomic mass is 32.2. The van der Waals surface area contributed by atoms with Crippen molar-refractivity contribution in [2.75, 3.05) is 0 Å². The predicted octanol–water partition coefficient (Wildman–Crippen LogP) is 1.82. The number of hydrogen-bond donors (Lipinski definition) is 2. The van der Waals surface area contributed by atoms with Crippen molar-refractivity contribution >= 4 is 10.0 Å². The molecule has 0 spiro atoms. The van der Waals surface area contributed by atoms with Crippen molar-refractivity contribution in [2.24, 2.45) is 11.7 Å². The van der Waals surface area contributed by atoms with Crippen molar-refractivity contribution in [1.82, 2.24) is 4.72 Å². The Morgan fingerprint density at radius 2 is 2.00 bits per heavy atom. The van der Waals surface area contributed by atoms with E-state index >= 15 is 0 Å². The van der Waals surface area contributed by atoms with E-state index in [0.29, 0.717) is 23.0 Å². The molecule has 1 unspecified atom stereocenters. The van der Waals surface area contributed by atoms with Crippen LogP contribution in [0.4, 0.5) is 0 Å². The van der Waals surface area contributed by atoms with E-state index in [1.54, 1.807) is 13.8 Å². The van der Waals surface area contributed by atoms with Gasteiger partial charge in [-0.25, -0.2) is 13.1 Å². The maximum Gasteiger partial charge on any atom is 0.244 e. The van der Waals surface area contributed by atoms with Gasteiger partial charge < -0.3 is 10.2 Å². The molecule has 19 heavy (non-hydrogen) atoms. The van der Waals surface area contributed by atoms with Gasteiger partial charge in [0.15, 0.2) is 0 Å². The molecule has 0 amide bonds. The maximum absolute atomic E-state index is 12.4. The van der Waals surface area contributed by atoms with E-state index in [4.69, 9.17) is 10.2 Å². The molecule has 0 aromatic carbocycles. The Morgan fingerprint density at radius 3 is 2.53 bits per heavy atom. The Labute approximate surface area is 114 Å². The number of aryl methyl sites for hydroxylation is 2. The van der Waals surface area contributed by atoms with Crippen LogP contribution in [0.5, 0.6) is 0 Å². The topological polar surface area (TPSA) is 85.3 Å². The van der Waals surface area contributed by atoms with Gasteiger partial charge in [0.25, 0.3) is 0 Å². The lowest BCUT2D eigenvalue weighted by Crippen LogP contribution is -2.33. The summed E-state index contributed by atoms with van der Waals surface area (Å²) in [6.07, 6.45) is 3.32. The molecule has 1 aromatic heterocycles. The number of sulfonamides is 1. The molecule has 2 rings (SSSR count). The number of furan rings is 1. The first kappa shape index (κ1) is 14.6. The third kappa shape index (κ3) is 3.19. The number of rotatable bonds is 6. The summed E-state index contributed by atoms with van der Waals surface area (Å²) < 4.78 is 33.0. The average Bonchev–Trinajstić information content (AvgIpc) is 3.01. The summed E-state index contributed by atoms with van der Waals surface area (Å²) in [7, 11) is -3.55. The van der Waals surface area contributed by atoms with Gasteiger partial charge in [-0.15, -0.1) is 0 Å². The minimum Gasteiger partial charge on any atom is -0.465 e. The third-order valence-corrected chi connectivity index (χ3v) is 5.32. The van der Waals surface area contributed by atoms with E-state index in [-0.39, 0.29) is 17.5 Å². The number of nitrogens with two attached hydrogens (primary N) is 1. The summed E-state index contributed by atoms with van der Waals surface area (Å²) in [5.41, 5.74) is 6.20. The molecule has 108 valence electrons. The van der Waals surface area contributed by atoms with Crippen LogP contribution in [0.2, 0.25) is 0 Å². The summed E-state index contributed by atoms with van der Waals surface area (Å²) in [6.45, 7) is 5.46. The van der Waals surface area contributed by atoms with Crippen molar-refractivity contribution in [3.8, 4) is 0 Å². The van der Waals surface area contributed by atoms with Crippen LogP contribution in [0.15, 0.2) is 9.31 Å². The monoisotopic (exact) mass is 286 g/mol. The summed E-state index contributed by atoms with van der Waals surface area (Å²) in [4.78, 5) is 0.218. The Hall–Kier alpha value is -0.850. The highest BCUT2D eigenvalue weighted by molar-refractivity contribution is 7.89. The van der Waals surface area contributed by atoms with Gasteiger partial charge in [-0.2, -0.15) is 0 Å². The van der Waals surface area contributed by atoms with Crippen molar-refractivity contribution in [3.63, 3.8) is 0 Å². The van der Waals surface area contributed by atoms with Gasteiger partial charge in [-0.1, -0.05) is 12.8 Å². The Balaban J connectivity index is 2.23. The lowest BCUT2D eigenvalue weighted by Gasteiger charge is -2.14. The van der Waals surface area contributed by atoms with Gasteiger partial charge in [-0.05, 0) is 33.1 Å². The van der Waals surface area contributed by atoms with Gasteiger partial charge in [0.2, 0.25) is 10.0 Å². The normalized spacial score (nSPS) is 17.7. The zero-order chi connectivity index (χ0) is 14.2. The lowest BCUT2D eigenvalue weighted by molar-refractivity contribution is 0.492. The van der Waals surface area contributed by atoms with Crippen LogP contribution in [0.25, 0.3) is 0 Å². The van der Waals surface area contributed by atoms with Gasteiger partial charge in [0.05, 0.1) is 0 Å². The second-order valence-corrected chi connectivity index (χ2v) is 7.08. The van der Waals surface area contributed by atoms with Crippen LogP contribution in [-0.2, 0) is 16.6 Å². The van der Waals surface area contributed by atoms with Gasteiger partial charge in [0.1, 0.15) is 16.4 Å². The largest absolute Gasteiger partial charge is 0.465 e. The van der Waals surface area contributed by atoms with E-state index in [2.05, 4.69) is 4.72 Å². The molecule has 1 fully saturated rings. The second kappa shape index (κ2) is 5.26. The molecule has 1 aliphatic rings. The number of nitrogens with one attached hydrogen (secondary N) is 1. The van der Waals surface area contributed by atoms with Crippen LogP contribution in [0.1, 0.15) is 43.3 Å². The molecule has 0 radical (unpaired) electrons. The number of hydrogen-bond acceptors (Lipinski definition) is 4. The molecule has 0 saturated heterocycles. The van der Waals surface area contributed by atoms with E-state index < -0.39 is 10.0 Å². The molecule has 5 nitrogen and oxygen atoms in total. The predicted molar refractivity (Wildman–Crippen MR) is 73.2 cm³/mol. The molecule has 1 aliphatic carbocycles. The molecule has 6 heteroatoms. The molecule has 0 aliphatic heterocycles. The maximum atomic E-state index is 12.4. The fourth-order valence-electron chi connectivity index (χ4n) is 2.52. The minimum atomic E-state index is -3.55. The summed E-state index contributed by atoms with van der Waals surface area (Å²) >= 11 is 0. The first-order chi connectivity index (χ1) is 8.85. The average molecular weight is 286 g/mol. The van der Waals surface area contributed by atoms with Crippen LogP contribution < -0.4 is 10.5 Å². The summed E-state index contributed by atoms with van der Waals surface area (Å²) in [6, 6.07) is -0.0577. The fraction of sp³-hybridized carbons (Fsp3) is 0.692. The third-order valence-electron chi connectivity index (χ3n) is 3.54. The van der Waals surface area contributed by atoms with Crippen molar-refractivity contribution in [3.05, 3.63) is 17.1 Å². The Morgan fingerprint density at radius 1 is 1.37 bits per heavy atom. The molecule has 1 aromatic rings. The van der Waals surface area contributed by atoms with Crippen LogP contribution >= 0.6 is 0 Å². The van der Waals surface area contributed by atoms with Crippen molar-refractivity contribution < 1.29 is 12.8 Å². The van der Waals surface area contributed by atoms with Gasteiger partial charge >= 0.3 is 0 Å². The van der Waals surface area contributed by atoms with E-state index in [1.165, 1.54) is 12.8 Å². The van der Waals surface area contributed by atoms with E-state index in [9.17, 15) is 8.42 Å². The van der Waals surface area contributed by atoms with Crippen LogP contribution in [-0.4, -0.2) is 14.5 Å².